The normalized spacial score (nSPS) is 19.8. The first-order chi connectivity index (χ1) is 13.5. The second-order valence-corrected chi connectivity index (χ2v) is 7.70. The highest BCUT2D eigenvalue weighted by atomic mass is 35.5. The van der Waals surface area contributed by atoms with Gasteiger partial charge in [-0.3, -0.25) is 9.59 Å². The van der Waals surface area contributed by atoms with E-state index in [0.717, 1.165) is 49.6 Å². The van der Waals surface area contributed by atoms with Crippen LogP contribution >= 0.6 is 12.4 Å². The number of rotatable bonds is 3. The predicted molar refractivity (Wildman–Crippen MR) is 114 cm³/mol. The summed E-state index contributed by atoms with van der Waals surface area (Å²) in [6.45, 7) is 7.30. The van der Waals surface area contributed by atoms with Crippen molar-refractivity contribution in [2.75, 3.05) is 32.7 Å². The van der Waals surface area contributed by atoms with E-state index in [9.17, 15) is 9.59 Å². The number of nitrogens with one attached hydrogen (secondary N) is 1. The van der Waals surface area contributed by atoms with Crippen molar-refractivity contribution >= 4 is 24.2 Å². The summed E-state index contributed by atoms with van der Waals surface area (Å²) in [6.07, 6.45) is 1.89. The van der Waals surface area contributed by atoms with Crippen molar-refractivity contribution in [2.24, 2.45) is 0 Å². The molecule has 7 nitrogen and oxygen atoms in total. The molecule has 0 saturated carbocycles. The predicted octanol–water partition coefficient (Wildman–Crippen LogP) is 1.95. The van der Waals surface area contributed by atoms with Crippen LogP contribution in [0.3, 0.4) is 0 Å². The molecule has 0 radical (unpaired) electrons. The lowest BCUT2D eigenvalue weighted by atomic mass is 10.0. The Morgan fingerprint density at radius 3 is 2.59 bits per heavy atom. The van der Waals surface area contributed by atoms with Crippen LogP contribution < -0.4 is 5.32 Å². The van der Waals surface area contributed by atoms with Gasteiger partial charge >= 0.3 is 0 Å². The van der Waals surface area contributed by atoms with E-state index in [1.165, 1.54) is 0 Å². The van der Waals surface area contributed by atoms with Crippen LogP contribution in [-0.2, 0) is 4.79 Å². The van der Waals surface area contributed by atoms with Gasteiger partial charge in [0, 0.05) is 43.5 Å². The maximum Gasteiger partial charge on any atom is 0.253 e. The first-order valence-electron chi connectivity index (χ1n) is 9.96. The van der Waals surface area contributed by atoms with E-state index in [1.807, 2.05) is 58.7 Å². The van der Waals surface area contributed by atoms with E-state index < -0.39 is 0 Å². The van der Waals surface area contributed by atoms with Crippen LogP contribution in [0.15, 0.2) is 30.3 Å². The number of aryl methyl sites for hydroxylation is 2. The van der Waals surface area contributed by atoms with Crippen molar-refractivity contribution in [3.63, 3.8) is 0 Å². The third-order valence-electron chi connectivity index (χ3n) is 5.62. The van der Waals surface area contributed by atoms with Crippen molar-refractivity contribution < 1.29 is 9.59 Å². The zero-order valence-corrected chi connectivity index (χ0v) is 17.7. The molecule has 29 heavy (non-hydrogen) atoms. The maximum absolute atomic E-state index is 13.0. The molecule has 1 atom stereocenters. The fourth-order valence-electron chi connectivity index (χ4n) is 4.22. The SMILES string of the molecule is Cc1cc(C)n(-c2ccc(C(=O)N3CCCC(N4CCNCC4=O)C3)cc2)n1.Cl. The Balaban J connectivity index is 0.00000240. The van der Waals surface area contributed by atoms with E-state index in [1.54, 1.807) is 0 Å². The van der Waals surface area contributed by atoms with Gasteiger partial charge in [-0.25, -0.2) is 4.68 Å². The Morgan fingerprint density at radius 1 is 1.17 bits per heavy atom. The summed E-state index contributed by atoms with van der Waals surface area (Å²) >= 11 is 0. The molecule has 1 N–H and O–H groups in total. The quantitative estimate of drug-likeness (QED) is 0.828. The van der Waals surface area contributed by atoms with Crippen molar-refractivity contribution in [1.29, 1.82) is 0 Å². The molecule has 156 valence electrons. The maximum atomic E-state index is 13.0. The molecule has 2 aromatic rings. The zero-order valence-electron chi connectivity index (χ0n) is 16.9. The minimum atomic E-state index is 0. The molecule has 1 unspecified atom stereocenters. The number of carbonyl (C=O) groups excluding carboxylic acids is 2. The zero-order chi connectivity index (χ0) is 19.7. The average Bonchev–Trinajstić information content (AvgIpc) is 3.06. The highest BCUT2D eigenvalue weighted by Crippen LogP contribution is 2.20. The molecule has 0 spiro atoms. The molecule has 2 fully saturated rings. The van der Waals surface area contributed by atoms with Gasteiger partial charge in [-0.15, -0.1) is 12.4 Å². The standard InChI is InChI=1S/C21H27N5O2.ClH/c1-15-12-16(2)26(23-15)18-7-5-17(6-8-18)21(28)24-10-3-4-19(14-24)25-11-9-22-13-20(25)27;/h5-8,12,19,22H,3-4,9-11,13-14H2,1-2H3;1H. The molecule has 0 bridgehead atoms. The molecule has 2 amide bonds. The van der Waals surface area contributed by atoms with Gasteiger partial charge in [-0.1, -0.05) is 0 Å². The Bertz CT molecular complexity index is 880. The van der Waals surface area contributed by atoms with Crippen LogP contribution in [0.25, 0.3) is 5.69 Å². The number of likely N-dealkylation sites (tertiary alicyclic amines) is 1. The molecule has 2 aliphatic heterocycles. The van der Waals surface area contributed by atoms with Gasteiger partial charge in [-0.2, -0.15) is 5.10 Å². The number of piperazine rings is 1. The fourth-order valence-corrected chi connectivity index (χ4v) is 4.22. The summed E-state index contributed by atoms with van der Waals surface area (Å²) in [5.41, 5.74) is 3.67. The first-order valence-corrected chi connectivity index (χ1v) is 9.96. The van der Waals surface area contributed by atoms with Gasteiger partial charge in [0.1, 0.15) is 0 Å². The molecule has 1 aromatic carbocycles. The van der Waals surface area contributed by atoms with Gasteiger partial charge in [0.15, 0.2) is 0 Å². The molecule has 0 aliphatic carbocycles. The van der Waals surface area contributed by atoms with E-state index in [4.69, 9.17) is 0 Å². The van der Waals surface area contributed by atoms with E-state index >= 15 is 0 Å². The average molecular weight is 418 g/mol. The third kappa shape index (κ3) is 4.46. The Morgan fingerprint density at radius 2 is 1.93 bits per heavy atom. The van der Waals surface area contributed by atoms with Crippen molar-refractivity contribution in [2.45, 2.75) is 32.7 Å². The molecule has 1 aromatic heterocycles. The number of nitrogens with zero attached hydrogens (tertiary/aromatic N) is 4. The minimum Gasteiger partial charge on any atom is -0.337 e. The Hall–Kier alpha value is -2.38. The molecule has 8 heteroatoms. The lowest BCUT2D eigenvalue weighted by Crippen LogP contribution is -2.57. The number of amides is 2. The molecule has 3 heterocycles. The van der Waals surface area contributed by atoms with Crippen LogP contribution in [0, 0.1) is 13.8 Å². The number of hydrogen-bond acceptors (Lipinski definition) is 4. The van der Waals surface area contributed by atoms with Crippen molar-refractivity contribution in [3.05, 3.63) is 47.3 Å². The molecule has 4 rings (SSSR count). The smallest absolute Gasteiger partial charge is 0.253 e. The van der Waals surface area contributed by atoms with Crippen molar-refractivity contribution in [3.8, 4) is 5.69 Å². The fraction of sp³-hybridized carbons (Fsp3) is 0.476. The van der Waals surface area contributed by atoms with Crippen LogP contribution in [0.4, 0.5) is 0 Å². The number of aromatic nitrogens is 2. The van der Waals surface area contributed by atoms with Gasteiger partial charge in [0.2, 0.25) is 5.91 Å². The van der Waals surface area contributed by atoms with E-state index in [0.29, 0.717) is 18.7 Å². The summed E-state index contributed by atoms with van der Waals surface area (Å²) in [5, 5.41) is 7.60. The van der Waals surface area contributed by atoms with Crippen molar-refractivity contribution in [1.82, 2.24) is 24.9 Å². The molecular weight excluding hydrogens is 390 g/mol. The number of benzene rings is 1. The lowest BCUT2D eigenvalue weighted by molar-refractivity contribution is -0.135. The highest BCUT2D eigenvalue weighted by Gasteiger charge is 2.31. The second kappa shape index (κ2) is 8.97. The summed E-state index contributed by atoms with van der Waals surface area (Å²) in [5.74, 6) is 0.173. The second-order valence-electron chi connectivity index (χ2n) is 7.70. The van der Waals surface area contributed by atoms with Crippen LogP contribution in [0.5, 0.6) is 0 Å². The lowest BCUT2D eigenvalue weighted by Gasteiger charge is -2.41. The highest BCUT2D eigenvalue weighted by molar-refractivity contribution is 5.94. The van der Waals surface area contributed by atoms with Gasteiger partial charge < -0.3 is 15.1 Å². The Kier molecular flexibility index (Phi) is 6.59. The minimum absolute atomic E-state index is 0. The number of halogens is 1. The largest absolute Gasteiger partial charge is 0.337 e. The van der Waals surface area contributed by atoms with E-state index in [-0.39, 0.29) is 30.3 Å². The van der Waals surface area contributed by atoms with E-state index in [2.05, 4.69) is 10.4 Å². The molecular formula is C21H28ClN5O2. The van der Waals surface area contributed by atoms with Crippen LogP contribution in [0.2, 0.25) is 0 Å². The third-order valence-corrected chi connectivity index (χ3v) is 5.62. The van der Waals surface area contributed by atoms with Gasteiger partial charge in [0.25, 0.3) is 5.91 Å². The topological polar surface area (TPSA) is 70.5 Å². The van der Waals surface area contributed by atoms with Crippen LogP contribution in [0.1, 0.15) is 34.6 Å². The summed E-state index contributed by atoms with van der Waals surface area (Å²) in [4.78, 5) is 29.0. The monoisotopic (exact) mass is 417 g/mol. The summed E-state index contributed by atoms with van der Waals surface area (Å²) in [6, 6.07) is 9.77. The van der Waals surface area contributed by atoms with Gasteiger partial charge in [-0.05, 0) is 57.0 Å². The number of piperidine rings is 1. The van der Waals surface area contributed by atoms with Gasteiger partial charge in [0.05, 0.1) is 17.9 Å². The number of hydrogen-bond donors (Lipinski definition) is 1. The Labute approximate surface area is 177 Å². The summed E-state index contributed by atoms with van der Waals surface area (Å²) in [7, 11) is 0. The molecule has 2 saturated heterocycles. The first kappa shape index (κ1) is 21.3. The summed E-state index contributed by atoms with van der Waals surface area (Å²) < 4.78 is 1.89. The van der Waals surface area contributed by atoms with Crippen LogP contribution in [-0.4, -0.2) is 70.2 Å². The number of carbonyl (C=O) groups is 2. The molecule has 2 aliphatic rings.